The highest BCUT2D eigenvalue weighted by molar-refractivity contribution is 7.91. The highest BCUT2D eigenvalue weighted by atomic mass is 32.2. The fourth-order valence-electron chi connectivity index (χ4n) is 13.3. The standard InChI is InChI=1S/C35H45F2N5O10S.C35H43F2N5O10S.2CH4/c2*1-8-18-16-34(18,30(45)41-53(47,48)20-9-10-20)40-27(43)23-15-19(17-42(23)29(44)26(32(2,3)4)39-31(46)52-33(5,6)7)49-28-22-11-12-24-25(21(22)13-14-38-28)51-35(36,37)50-24;;/h11-14,18-20,23,26H,8-10,15-17H2,1-7H3,(H,39,46)(H,40,43)(H,41,45);8,11-14,18-20,23,26H,1,9-10,15-17H2,2-7H3,(H,39,46)(H,40,43)(H,41,45);2*1H4/t18-,19-,23+,26-,34-;18-,19-,23+,26+,34-;;/m11../s1. The van der Waals surface area contributed by atoms with Gasteiger partial charge in [0.2, 0.25) is 55.4 Å². The second kappa shape index (κ2) is 29.3. The topological polar surface area (TPSA) is 383 Å². The largest absolute Gasteiger partial charge is 0.586 e. The van der Waals surface area contributed by atoms with Gasteiger partial charge in [-0.05, 0) is 133 Å². The van der Waals surface area contributed by atoms with Crippen LogP contribution in [0.1, 0.15) is 163 Å². The van der Waals surface area contributed by atoms with Crippen LogP contribution in [-0.2, 0) is 58.3 Å². The number of hydrogen-bond acceptors (Lipinski definition) is 22. The number of fused-ring (bicyclic) bond motifs is 6. The van der Waals surface area contributed by atoms with Gasteiger partial charge in [0.05, 0.1) is 23.6 Å². The number of aromatic nitrogens is 2. The molecule has 0 spiro atoms. The molecule has 108 heavy (non-hydrogen) atoms. The van der Waals surface area contributed by atoms with E-state index >= 15 is 0 Å². The smallest absolute Gasteiger partial charge is 0.472 e. The molecule has 594 valence electrons. The van der Waals surface area contributed by atoms with Gasteiger partial charge < -0.3 is 69.0 Å². The molecule has 4 aromatic rings. The van der Waals surface area contributed by atoms with E-state index in [0.29, 0.717) is 37.5 Å². The van der Waals surface area contributed by atoms with Gasteiger partial charge in [-0.2, -0.15) is 0 Å². The average Bonchev–Trinajstić information content (AvgIpc) is 1.58. The zero-order valence-electron chi connectivity index (χ0n) is 60.7. The first-order valence-corrected chi connectivity index (χ1v) is 37.8. The molecule has 10 atom stereocenters. The van der Waals surface area contributed by atoms with E-state index in [-0.39, 0.29) is 110 Å². The lowest BCUT2D eigenvalue weighted by atomic mass is 9.85. The first-order valence-electron chi connectivity index (χ1n) is 34.7. The SMILES string of the molecule is C.C.C=C[C@@H]1C[C@]1(NC(=O)[C@@H]1C[C@@H](Oc2nccc3c4c(ccc23)OC(F)(F)O4)CN1C(=O)[C@H](NC(=O)OC(C)(C)C)C(C)(C)C)C(=O)NS(=O)(=O)C1CC1.CC[C@@H]1C[C@]1(NC(=O)[C@@H]1C[C@@H](Oc2nccc3c4c(ccc23)OC(F)(F)O4)CN1C(=O)[C@@H](NC(=O)OC(C)(C)C)C(C)(C)C)C(=O)NS(=O)(=O)C1CC1. The van der Waals surface area contributed by atoms with Crippen LogP contribution in [0.25, 0.3) is 21.5 Å². The number of benzene rings is 2. The number of nitrogens with one attached hydrogen (secondary N) is 6. The molecular formula is C72H96F4N10O20S2. The minimum Gasteiger partial charge on any atom is -0.472 e. The Morgan fingerprint density at radius 3 is 1.29 bits per heavy atom. The number of rotatable bonds is 20. The number of alkyl halides is 4. The van der Waals surface area contributed by atoms with Gasteiger partial charge in [-0.15, -0.1) is 24.1 Å². The van der Waals surface area contributed by atoms with Gasteiger partial charge in [-0.1, -0.05) is 75.8 Å². The molecule has 0 unspecified atom stereocenters. The summed E-state index contributed by atoms with van der Waals surface area (Å²) >= 11 is 0. The summed E-state index contributed by atoms with van der Waals surface area (Å²) in [4.78, 5) is 121. The van der Waals surface area contributed by atoms with Gasteiger partial charge in [0, 0.05) is 52.7 Å². The van der Waals surface area contributed by atoms with Gasteiger partial charge >= 0.3 is 24.8 Å². The van der Waals surface area contributed by atoms with Crippen molar-refractivity contribution in [1.29, 1.82) is 0 Å². The van der Waals surface area contributed by atoms with Crippen molar-refractivity contribution in [2.45, 2.75) is 244 Å². The monoisotopic (exact) mass is 1560 g/mol. The van der Waals surface area contributed by atoms with Crippen LogP contribution in [0.15, 0.2) is 61.4 Å². The van der Waals surface area contributed by atoms with E-state index in [4.69, 9.17) is 28.4 Å². The zero-order valence-corrected chi connectivity index (χ0v) is 62.4. The molecule has 12 rings (SSSR count). The summed E-state index contributed by atoms with van der Waals surface area (Å²) < 4.78 is 153. The number of pyridine rings is 2. The zero-order chi connectivity index (χ0) is 77.8. The Balaban J connectivity index is 0.000000245. The Kier molecular flexibility index (Phi) is 22.5. The van der Waals surface area contributed by atoms with Crippen LogP contribution in [-0.4, -0.2) is 179 Å². The van der Waals surface area contributed by atoms with Gasteiger partial charge in [0.1, 0.15) is 58.7 Å². The number of hydrogen-bond donors (Lipinski definition) is 6. The summed E-state index contributed by atoms with van der Waals surface area (Å²) in [5.74, 6) is -6.23. The number of halogens is 4. The molecule has 4 saturated carbocycles. The lowest BCUT2D eigenvalue weighted by Crippen LogP contribution is -2.60. The molecular weight excluding hydrogens is 1460 g/mol. The number of likely N-dealkylation sites (tertiary alicyclic amines) is 2. The van der Waals surface area contributed by atoms with E-state index in [2.05, 4.69) is 56.7 Å². The van der Waals surface area contributed by atoms with E-state index in [1.807, 2.05) is 6.92 Å². The highest BCUT2D eigenvalue weighted by Crippen LogP contribution is 2.51. The van der Waals surface area contributed by atoms with Crippen LogP contribution >= 0.6 is 0 Å². The Labute approximate surface area is 623 Å². The summed E-state index contributed by atoms with van der Waals surface area (Å²) in [5, 5.41) is 10.5. The lowest BCUT2D eigenvalue weighted by molar-refractivity contribution is -0.287. The Bertz CT molecular complexity index is 4480. The van der Waals surface area contributed by atoms with Gasteiger partial charge in [0.15, 0.2) is 23.0 Å². The third kappa shape index (κ3) is 17.9. The number of amides is 8. The molecule has 2 aromatic heterocycles. The quantitative estimate of drug-likeness (QED) is 0.0356. The maximum Gasteiger partial charge on any atom is 0.586 e. The fourth-order valence-corrected chi connectivity index (χ4v) is 16.0. The third-order valence-electron chi connectivity index (χ3n) is 19.1. The van der Waals surface area contributed by atoms with Gasteiger partial charge in [-0.3, -0.25) is 38.2 Å². The van der Waals surface area contributed by atoms with Gasteiger partial charge in [0.25, 0.3) is 11.8 Å². The first-order chi connectivity index (χ1) is 49.1. The predicted octanol–water partition coefficient (Wildman–Crippen LogP) is 8.52. The Morgan fingerprint density at radius 1 is 0.574 bits per heavy atom. The highest BCUT2D eigenvalue weighted by Gasteiger charge is 2.64. The van der Waals surface area contributed by atoms with Crippen molar-refractivity contribution in [2.75, 3.05) is 13.1 Å². The van der Waals surface area contributed by atoms with Crippen molar-refractivity contribution >= 4 is 89.2 Å². The molecule has 36 heteroatoms. The van der Waals surface area contributed by atoms with Crippen molar-refractivity contribution in [3.05, 3.63) is 61.4 Å². The van der Waals surface area contributed by atoms with Crippen molar-refractivity contribution in [3.8, 4) is 34.8 Å². The van der Waals surface area contributed by atoms with E-state index < -0.39 is 166 Å². The average molecular weight is 1560 g/mol. The van der Waals surface area contributed by atoms with E-state index in [0.717, 1.165) is 0 Å². The molecule has 0 radical (unpaired) electrons. The summed E-state index contributed by atoms with van der Waals surface area (Å²) in [6, 6.07) is 3.50. The molecule has 8 aliphatic rings. The fraction of sp³-hybridized carbons (Fsp3) is 0.611. The molecule has 0 bridgehead atoms. The molecule has 4 aliphatic heterocycles. The first kappa shape index (κ1) is 82.8. The van der Waals surface area contributed by atoms with Crippen LogP contribution in [0.2, 0.25) is 0 Å². The number of carbonyl (C=O) groups excluding carboxylic acids is 8. The minimum absolute atomic E-state index is 0. The summed E-state index contributed by atoms with van der Waals surface area (Å²) in [6.45, 7) is 25.6. The third-order valence-corrected chi connectivity index (χ3v) is 22.8. The lowest BCUT2D eigenvalue weighted by Gasteiger charge is -2.36. The van der Waals surface area contributed by atoms with Crippen molar-refractivity contribution in [1.82, 2.24) is 50.5 Å². The second-order valence-electron chi connectivity index (χ2n) is 32.0. The van der Waals surface area contributed by atoms with Crippen molar-refractivity contribution in [3.63, 3.8) is 0 Å². The molecule has 4 aliphatic carbocycles. The molecule has 8 amide bonds. The molecule has 6 fully saturated rings. The molecule has 2 aromatic carbocycles. The van der Waals surface area contributed by atoms with Crippen molar-refractivity contribution in [2.24, 2.45) is 22.7 Å². The van der Waals surface area contributed by atoms with Crippen LogP contribution in [0, 0.1) is 22.7 Å². The minimum atomic E-state index is -3.95. The van der Waals surface area contributed by atoms with E-state index in [1.54, 1.807) is 83.1 Å². The van der Waals surface area contributed by atoms with Crippen LogP contribution < -0.4 is 59.1 Å². The number of sulfonamides is 2. The van der Waals surface area contributed by atoms with Gasteiger partial charge in [-0.25, -0.2) is 36.4 Å². The second-order valence-corrected chi connectivity index (χ2v) is 35.9. The molecule has 30 nitrogen and oxygen atoms in total. The summed E-state index contributed by atoms with van der Waals surface area (Å²) in [7, 11) is -7.87. The van der Waals surface area contributed by atoms with Crippen molar-refractivity contribution < 1.29 is 111 Å². The Hall–Kier alpha value is -9.22. The molecule has 6 N–H and O–H groups in total. The Morgan fingerprint density at radius 2 is 0.954 bits per heavy atom. The molecule has 6 heterocycles. The predicted molar refractivity (Wildman–Crippen MR) is 382 cm³/mol. The van der Waals surface area contributed by atoms with Crippen LogP contribution in [0.3, 0.4) is 0 Å². The number of carbonyl (C=O) groups is 8. The van der Waals surface area contributed by atoms with E-state index in [1.165, 1.54) is 64.7 Å². The maximum absolute atomic E-state index is 14.5. The molecule has 2 saturated heterocycles. The number of alkyl carbamates (subject to hydrolysis) is 2. The van der Waals surface area contributed by atoms with Crippen LogP contribution in [0.4, 0.5) is 27.2 Å². The van der Waals surface area contributed by atoms with Crippen LogP contribution in [0.5, 0.6) is 34.8 Å². The maximum atomic E-state index is 14.5. The normalized spacial score (nSPS) is 24.9. The summed E-state index contributed by atoms with van der Waals surface area (Å²) in [6.07, 6.45) is -4.90. The number of nitrogens with zero attached hydrogens (tertiary/aromatic N) is 4. The summed E-state index contributed by atoms with van der Waals surface area (Å²) in [5.41, 5.74) is -6.66. The number of ether oxygens (including phenoxy) is 8. The van der Waals surface area contributed by atoms with E-state index in [9.17, 15) is 72.8 Å².